The van der Waals surface area contributed by atoms with Crippen LogP contribution in [0.3, 0.4) is 0 Å². The van der Waals surface area contributed by atoms with Gasteiger partial charge in [-0.15, -0.1) is 10.2 Å². The van der Waals surface area contributed by atoms with Crippen LogP contribution >= 0.6 is 0 Å². The minimum Gasteiger partial charge on any atom is -0.336 e. The Morgan fingerprint density at radius 2 is 2.00 bits per heavy atom. The molecule has 1 aliphatic rings. The molecule has 6 heteroatoms. The van der Waals surface area contributed by atoms with Gasteiger partial charge < -0.3 is 5.32 Å². The van der Waals surface area contributed by atoms with Crippen molar-refractivity contribution in [2.75, 3.05) is 5.32 Å². The van der Waals surface area contributed by atoms with Crippen LogP contribution in [0, 0.1) is 11.3 Å². The zero-order valence-corrected chi connectivity index (χ0v) is 12.6. The van der Waals surface area contributed by atoms with Gasteiger partial charge in [-0.05, 0) is 18.9 Å². The van der Waals surface area contributed by atoms with E-state index in [0.717, 1.165) is 16.6 Å². The predicted octanol–water partition coefficient (Wildman–Crippen LogP) is 3.63. The fourth-order valence-corrected chi connectivity index (χ4v) is 3.23. The van der Waals surface area contributed by atoms with Crippen LogP contribution < -0.4 is 5.32 Å². The summed E-state index contributed by atoms with van der Waals surface area (Å²) >= 11 is 0. The molecular weight excluding hydrogens is 288 g/mol. The number of aromatic amines is 1. The number of aromatic nitrogens is 4. The molecule has 0 unspecified atom stereocenters. The van der Waals surface area contributed by atoms with E-state index in [-0.39, 0.29) is 5.69 Å². The van der Waals surface area contributed by atoms with Crippen LogP contribution in [0.25, 0.3) is 10.9 Å². The molecule has 1 aromatic carbocycles. The van der Waals surface area contributed by atoms with Crippen molar-refractivity contribution >= 4 is 22.4 Å². The number of nitriles is 1. The standard InChI is InChI=1S/C17H16N6/c18-10-15-17(12-7-3-4-8-13(12)20-22-15)19-16-9-14(21-23-16)11-5-1-2-6-11/h3-4,7-9,11H,1-2,5-6H2,(H2,19,20,21,23). The van der Waals surface area contributed by atoms with E-state index in [1.54, 1.807) is 0 Å². The normalized spacial score (nSPS) is 14.9. The van der Waals surface area contributed by atoms with Crippen LogP contribution in [0.1, 0.15) is 43.0 Å². The largest absolute Gasteiger partial charge is 0.336 e. The quantitative estimate of drug-likeness (QED) is 0.771. The van der Waals surface area contributed by atoms with Gasteiger partial charge in [0.05, 0.1) is 11.2 Å². The van der Waals surface area contributed by atoms with Gasteiger partial charge in [0.25, 0.3) is 0 Å². The van der Waals surface area contributed by atoms with Gasteiger partial charge in [0.2, 0.25) is 0 Å². The maximum atomic E-state index is 9.31. The molecule has 0 bridgehead atoms. The Bertz CT molecular complexity index is 885. The highest BCUT2D eigenvalue weighted by Crippen LogP contribution is 2.34. The van der Waals surface area contributed by atoms with Gasteiger partial charge in [-0.1, -0.05) is 31.0 Å². The van der Waals surface area contributed by atoms with Crippen molar-refractivity contribution in [3.63, 3.8) is 0 Å². The first-order valence-electron chi connectivity index (χ1n) is 7.83. The second-order valence-corrected chi connectivity index (χ2v) is 5.87. The lowest BCUT2D eigenvalue weighted by Crippen LogP contribution is -2.00. The molecule has 1 aliphatic carbocycles. The summed E-state index contributed by atoms with van der Waals surface area (Å²) in [6.07, 6.45) is 4.99. The Hall–Kier alpha value is -2.94. The second-order valence-electron chi connectivity index (χ2n) is 5.87. The van der Waals surface area contributed by atoms with Crippen molar-refractivity contribution < 1.29 is 0 Å². The summed E-state index contributed by atoms with van der Waals surface area (Å²) in [7, 11) is 0. The van der Waals surface area contributed by atoms with Crippen molar-refractivity contribution in [1.82, 2.24) is 20.4 Å². The van der Waals surface area contributed by atoms with E-state index in [1.807, 2.05) is 30.3 Å². The highest BCUT2D eigenvalue weighted by molar-refractivity contribution is 5.94. The summed E-state index contributed by atoms with van der Waals surface area (Å²) in [5.74, 6) is 1.28. The van der Waals surface area contributed by atoms with Crippen LogP contribution in [-0.4, -0.2) is 20.4 Å². The lowest BCUT2D eigenvalue weighted by atomic mass is 10.0. The monoisotopic (exact) mass is 304 g/mol. The van der Waals surface area contributed by atoms with Crippen LogP contribution in [0.5, 0.6) is 0 Å². The Kier molecular flexibility index (Phi) is 3.39. The fraction of sp³-hybridized carbons (Fsp3) is 0.294. The van der Waals surface area contributed by atoms with Crippen molar-refractivity contribution in [1.29, 1.82) is 5.26 Å². The average molecular weight is 304 g/mol. The number of rotatable bonds is 3. The molecule has 6 nitrogen and oxygen atoms in total. The molecule has 0 saturated heterocycles. The van der Waals surface area contributed by atoms with Crippen LogP contribution in [-0.2, 0) is 0 Å². The third-order valence-electron chi connectivity index (χ3n) is 4.42. The average Bonchev–Trinajstić information content (AvgIpc) is 3.26. The Morgan fingerprint density at radius 3 is 2.83 bits per heavy atom. The molecule has 0 aliphatic heterocycles. The van der Waals surface area contributed by atoms with Crippen molar-refractivity contribution in [2.24, 2.45) is 0 Å². The van der Waals surface area contributed by atoms with E-state index >= 15 is 0 Å². The van der Waals surface area contributed by atoms with E-state index in [0.29, 0.717) is 17.4 Å². The molecule has 4 rings (SSSR count). The molecule has 2 heterocycles. The predicted molar refractivity (Wildman–Crippen MR) is 87.3 cm³/mol. The molecule has 2 aromatic heterocycles. The van der Waals surface area contributed by atoms with Crippen molar-refractivity contribution in [3.8, 4) is 6.07 Å². The van der Waals surface area contributed by atoms with Crippen molar-refractivity contribution in [3.05, 3.63) is 41.7 Å². The molecule has 0 atom stereocenters. The van der Waals surface area contributed by atoms with Gasteiger partial charge in [0, 0.05) is 23.1 Å². The van der Waals surface area contributed by atoms with Crippen LogP contribution in [0.2, 0.25) is 0 Å². The lowest BCUT2D eigenvalue weighted by Gasteiger charge is -2.07. The van der Waals surface area contributed by atoms with Gasteiger partial charge in [-0.3, -0.25) is 5.10 Å². The fourth-order valence-electron chi connectivity index (χ4n) is 3.23. The van der Waals surface area contributed by atoms with Gasteiger partial charge in [0.15, 0.2) is 11.5 Å². The molecular formula is C17H16N6. The smallest absolute Gasteiger partial charge is 0.187 e. The first-order chi connectivity index (χ1) is 11.3. The second kappa shape index (κ2) is 5.69. The van der Waals surface area contributed by atoms with Gasteiger partial charge in [-0.2, -0.15) is 10.4 Å². The molecule has 23 heavy (non-hydrogen) atoms. The maximum absolute atomic E-state index is 9.31. The van der Waals surface area contributed by atoms with Gasteiger partial charge in [-0.25, -0.2) is 0 Å². The zero-order valence-electron chi connectivity index (χ0n) is 12.6. The minimum atomic E-state index is 0.272. The van der Waals surface area contributed by atoms with Gasteiger partial charge >= 0.3 is 0 Å². The number of nitrogens with one attached hydrogen (secondary N) is 2. The SMILES string of the molecule is N#Cc1nnc2ccccc2c1Nc1cc(C2CCCC2)[nH]n1. The van der Waals surface area contributed by atoms with E-state index in [4.69, 9.17) is 0 Å². The highest BCUT2D eigenvalue weighted by Gasteiger charge is 2.20. The molecule has 2 N–H and O–H groups in total. The van der Waals surface area contributed by atoms with E-state index < -0.39 is 0 Å². The number of hydrogen-bond acceptors (Lipinski definition) is 5. The summed E-state index contributed by atoms with van der Waals surface area (Å²) in [5, 5.41) is 29.0. The van der Waals surface area contributed by atoms with E-state index in [1.165, 1.54) is 25.7 Å². The number of benzene rings is 1. The number of hydrogen-bond donors (Lipinski definition) is 2. The molecule has 0 radical (unpaired) electrons. The Labute approximate surface area is 133 Å². The summed E-state index contributed by atoms with van der Waals surface area (Å²) in [4.78, 5) is 0. The number of nitrogens with zero attached hydrogens (tertiary/aromatic N) is 4. The zero-order chi connectivity index (χ0) is 15.6. The van der Waals surface area contributed by atoms with E-state index in [2.05, 4.69) is 31.8 Å². The topological polar surface area (TPSA) is 90.3 Å². The maximum Gasteiger partial charge on any atom is 0.187 e. The van der Waals surface area contributed by atoms with Crippen LogP contribution in [0.4, 0.5) is 11.5 Å². The summed E-state index contributed by atoms with van der Waals surface area (Å²) in [5.41, 5.74) is 2.84. The number of anilines is 2. The molecule has 1 fully saturated rings. The molecule has 0 spiro atoms. The third-order valence-corrected chi connectivity index (χ3v) is 4.42. The summed E-state index contributed by atoms with van der Waals surface area (Å²) in [6.45, 7) is 0. The Morgan fingerprint density at radius 1 is 1.17 bits per heavy atom. The number of H-pyrrole nitrogens is 1. The van der Waals surface area contributed by atoms with Gasteiger partial charge in [0.1, 0.15) is 6.07 Å². The highest BCUT2D eigenvalue weighted by atomic mass is 15.2. The summed E-state index contributed by atoms with van der Waals surface area (Å²) in [6, 6.07) is 11.8. The molecule has 1 saturated carbocycles. The molecule has 0 amide bonds. The Balaban J connectivity index is 1.71. The van der Waals surface area contributed by atoms with E-state index in [9.17, 15) is 5.26 Å². The lowest BCUT2D eigenvalue weighted by molar-refractivity contribution is 0.693. The third kappa shape index (κ3) is 2.50. The van der Waals surface area contributed by atoms with Crippen LogP contribution in [0.15, 0.2) is 30.3 Å². The molecule has 3 aromatic rings. The minimum absolute atomic E-state index is 0.272. The molecule has 114 valence electrons. The first-order valence-corrected chi connectivity index (χ1v) is 7.83. The number of fused-ring (bicyclic) bond motifs is 1. The summed E-state index contributed by atoms with van der Waals surface area (Å²) < 4.78 is 0. The van der Waals surface area contributed by atoms with Crippen molar-refractivity contribution in [2.45, 2.75) is 31.6 Å². The first kappa shape index (κ1) is 13.7.